The summed E-state index contributed by atoms with van der Waals surface area (Å²) in [6, 6.07) is 4.54. The summed E-state index contributed by atoms with van der Waals surface area (Å²) in [6.45, 7) is 7.06. The van der Waals surface area contributed by atoms with Crippen molar-refractivity contribution < 1.29 is 18.7 Å². The maximum Gasteiger partial charge on any atom is 0.340 e. The molecule has 1 aromatic carbocycles. The molecule has 0 spiro atoms. The number of benzene rings is 1. The molecule has 1 heterocycles. The minimum atomic E-state index is -0.510. The Hall–Kier alpha value is -2.63. The number of aryl methyl sites for hydroxylation is 2. The summed E-state index contributed by atoms with van der Waals surface area (Å²) in [5.41, 5.74) is 2.41. The van der Waals surface area contributed by atoms with E-state index in [-0.39, 0.29) is 18.0 Å². The van der Waals surface area contributed by atoms with Crippen LogP contribution in [0, 0.1) is 26.6 Å². The Labute approximate surface area is 133 Å². The molecule has 1 aromatic heterocycles. The Morgan fingerprint density at radius 3 is 2.57 bits per heavy atom. The van der Waals surface area contributed by atoms with Gasteiger partial charge < -0.3 is 15.0 Å². The smallest absolute Gasteiger partial charge is 0.340 e. The van der Waals surface area contributed by atoms with E-state index in [2.05, 4.69) is 10.3 Å². The van der Waals surface area contributed by atoms with Crippen molar-refractivity contribution in [3.63, 3.8) is 0 Å². The van der Waals surface area contributed by atoms with Gasteiger partial charge in [0.2, 0.25) is 0 Å². The van der Waals surface area contributed by atoms with Crippen molar-refractivity contribution in [2.24, 2.45) is 0 Å². The fourth-order valence-corrected chi connectivity index (χ4v) is 2.39. The molecular formula is C17H19FN2O3. The van der Waals surface area contributed by atoms with Crippen LogP contribution in [0.2, 0.25) is 0 Å². The van der Waals surface area contributed by atoms with E-state index in [4.69, 9.17) is 4.74 Å². The molecule has 0 saturated heterocycles. The lowest BCUT2D eigenvalue weighted by Crippen LogP contribution is -2.15. The van der Waals surface area contributed by atoms with Crippen molar-refractivity contribution in [3.8, 4) is 0 Å². The summed E-state index contributed by atoms with van der Waals surface area (Å²) in [6.07, 6.45) is 0. The van der Waals surface area contributed by atoms with Crippen LogP contribution in [0.25, 0.3) is 0 Å². The first-order valence-corrected chi connectivity index (χ1v) is 7.29. The van der Waals surface area contributed by atoms with Crippen molar-refractivity contribution in [2.45, 2.75) is 27.7 Å². The third-order valence-electron chi connectivity index (χ3n) is 3.52. The molecule has 0 fully saturated rings. The monoisotopic (exact) mass is 318 g/mol. The molecule has 23 heavy (non-hydrogen) atoms. The third kappa shape index (κ3) is 3.41. The lowest BCUT2D eigenvalue weighted by molar-refractivity contribution is 0.0525. The van der Waals surface area contributed by atoms with Crippen molar-refractivity contribution in [1.29, 1.82) is 0 Å². The van der Waals surface area contributed by atoms with Crippen molar-refractivity contribution in [3.05, 3.63) is 52.1 Å². The van der Waals surface area contributed by atoms with Crippen molar-refractivity contribution in [1.82, 2.24) is 4.98 Å². The van der Waals surface area contributed by atoms with Gasteiger partial charge in [-0.2, -0.15) is 0 Å². The second-order valence-corrected chi connectivity index (χ2v) is 5.28. The first-order valence-electron chi connectivity index (χ1n) is 7.29. The average Bonchev–Trinajstić information content (AvgIpc) is 2.77. The predicted molar refractivity (Wildman–Crippen MR) is 85.3 cm³/mol. The van der Waals surface area contributed by atoms with Gasteiger partial charge in [0, 0.05) is 5.69 Å². The van der Waals surface area contributed by atoms with E-state index in [1.165, 1.54) is 12.1 Å². The molecule has 0 aliphatic heterocycles. The van der Waals surface area contributed by atoms with Crippen LogP contribution >= 0.6 is 0 Å². The van der Waals surface area contributed by atoms with Gasteiger partial charge in [-0.15, -0.1) is 0 Å². The van der Waals surface area contributed by atoms with Crippen LogP contribution in [-0.2, 0) is 4.74 Å². The summed E-state index contributed by atoms with van der Waals surface area (Å²) < 4.78 is 18.8. The second-order valence-electron chi connectivity index (χ2n) is 5.28. The number of aromatic amines is 1. The summed E-state index contributed by atoms with van der Waals surface area (Å²) in [7, 11) is 0. The molecular weight excluding hydrogens is 299 g/mol. The van der Waals surface area contributed by atoms with Gasteiger partial charge in [0.25, 0.3) is 5.91 Å². The van der Waals surface area contributed by atoms with Gasteiger partial charge in [0.15, 0.2) is 0 Å². The first kappa shape index (κ1) is 16.7. The maximum atomic E-state index is 13.8. The zero-order valence-electron chi connectivity index (χ0n) is 13.5. The van der Waals surface area contributed by atoms with E-state index in [1.807, 2.05) is 0 Å². The largest absolute Gasteiger partial charge is 0.462 e. The van der Waals surface area contributed by atoms with Gasteiger partial charge in [0.05, 0.1) is 17.9 Å². The average molecular weight is 318 g/mol. The summed E-state index contributed by atoms with van der Waals surface area (Å²) in [4.78, 5) is 27.2. The number of ether oxygens (including phenoxy) is 1. The van der Waals surface area contributed by atoms with Gasteiger partial charge in [-0.1, -0.05) is 6.07 Å². The second kappa shape index (κ2) is 6.64. The summed E-state index contributed by atoms with van der Waals surface area (Å²) >= 11 is 0. The van der Waals surface area contributed by atoms with E-state index < -0.39 is 17.7 Å². The molecule has 0 aliphatic rings. The van der Waals surface area contributed by atoms with Gasteiger partial charge >= 0.3 is 5.97 Å². The number of amides is 1. The zero-order valence-corrected chi connectivity index (χ0v) is 13.5. The van der Waals surface area contributed by atoms with Crippen LogP contribution < -0.4 is 5.32 Å². The van der Waals surface area contributed by atoms with Gasteiger partial charge in [0.1, 0.15) is 11.5 Å². The molecule has 0 atom stereocenters. The van der Waals surface area contributed by atoms with Gasteiger partial charge in [-0.05, 0) is 51.0 Å². The molecule has 2 aromatic rings. The van der Waals surface area contributed by atoms with Crippen molar-refractivity contribution in [2.75, 3.05) is 11.9 Å². The van der Waals surface area contributed by atoms with Crippen molar-refractivity contribution >= 4 is 17.6 Å². The van der Waals surface area contributed by atoms with Gasteiger partial charge in [-0.3, -0.25) is 4.79 Å². The highest BCUT2D eigenvalue weighted by Crippen LogP contribution is 2.21. The number of nitrogens with one attached hydrogen (secondary N) is 2. The lowest BCUT2D eigenvalue weighted by atomic mass is 10.1. The number of hydrogen-bond donors (Lipinski definition) is 2. The van der Waals surface area contributed by atoms with Gasteiger partial charge in [-0.25, -0.2) is 9.18 Å². The molecule has 5 nitrogen and oxygen atoms in total. The Balaban J connectivity index is 2.30. The Bertz CT molecular complexity index is 765. The standard InChI is InChI=1S/C17H19FN2O3/c1-5-23-17(22)14-10(3)15(19-11(14)4)16(21)20-13-7-6-9(2)8-12(13)18/h6-8,19H,5H2,1-4H3,(H,20,21). The number of aromatic nitrogens is 1. The van der Waals surface area contributed by atoms with Crippen LogP contribution in [0.1, 0.15) is 44.6 Å². The van der Waals surface area contributed by atoms with Crippen LogP contribution in [0.15, 0.2) is 18.2 Å². The Morgan fingerprint density at radius 1 is 1.26 bits per heavy atom. The first-order chi connectivity index (χ1) is 10.8. The van der Waals surface area contributed by atoms with E-state index in [1.54, 1.807) is 33.8 Å². The highest BCUT2D eigenvalue weighted by Gasteiger charge is 2.23. The molecule has 0 radical (unpaired) electrons. The molecule has 0 bridgehead atoms. The number of carbonyl (C=O) groups excluding carboxylic acids is 2. The van der Waals surface area contributed by atoms with E-state index >= 15 is 0 Å². The molecule has 2 N–H and O–H groups in total. The Kier molecular flexibility index (Phi) is 4.83. The number of esters is 1. The van der Waals surface area contributed by atoms with Crippen LogP contribution in [0.4, 0.5) is 10.1 Å². The number of hydrogen-bond acceptors (Lipinski definition) is 3. The van der Waals surface area contributed by atoms with Crippen LogP contribution in [-0.4, -0.2) is 23.5 Å². The number of halogens is 1. The van der Waals surface area contributed by atoms with E-state index in [0.29, 0.717) is 16.8 Å². The highest BCUT2D eigenvalue weighted by atomic mass is 19.1. The Morgan fingerprint density at radius 2 is 1.96 bits per heavy atom. The molecule has 6 heteroatoms. The SMILES string of the molecule is CCOC(=O)c1c(C)[nH]c(C(=O)Nc2ccc(C)cc2F)c1C. The third-order valence-corrected chi connectivity index (χ3v) is 3.52. The maximum absolute atomic E-state index is 13.8. The minimum Gasteiger partial charge on any atom is -0.462 e. The normalized spacial score (nSPS) is 10.5. The van der Waals surface area contributed by atoms with Crippen LogP contribution in [0.3, 0.4) is 0 Å². The minimum absolute atomic E-state index is 0.0879. The molecule has 122 valence electrons. The molecule has 2 rings (SSSR count). The fourth-order valence-electron chi connectivity index (χ4n) is 2.39. The molecule has 1 amide bonds. The predicted octanol–water partition coefficient (Wildman–Crippen LogP) is 3.51. The molecule has 0 unspecified atom stereocenters. The van der Waals surface area contributed by atoms with Crippen LogP contribution in [0.5, 0.6) is 0 Å². The number of carbonyl (C=O) groups is 2. The highest BCUT2D eigenvalue weighted by molar-refractivity contribution is 6.06. The molecule has 0 aliphatic carbocycles. The molecule has 0 saturated carbocycles. The van der Waals surface area contributed by atoms with E-state index in [0.717, 1.165) is 5.56 Å². The topological polar surface area (TPSA) is 71.2 Å². The lowest BCUT2D eigenvalue weighted by Gasteiger charge is -2.07. The zero-order chi connectivity index (χ0) is 17.1. The quantitative estimate of drug-likeness (QED) is 0.847. The van der Waals surface area contributed by atoms with E-state index in [9.17, 15) is 14.0 Å². The number of rotatable bonds is 4. The number of anilines is 1. The summed E-state index contributed by atoms with van der Waals surface area (Å²) in [5.74, 6) is -1.51. The fraction of sp³-hybridized carbons (Fsp3) is 0.294. The number of H-pyrrole nitrogens is 1. The summed E-state index contributed by atoms with van der Waals surface area (Å²) in [5, 5.41) is 2.51.